The smallest absolute Gasteiger partial charge is 0.260 e. The van der Waals surface area contributed by atoms with Gasteiger partial charge in [0.15, 0.2) is 0 Å². The van der Waals surface area contributed by atoms with E-state index in [1.54, 1.807) is 41.6 Å². The van der Waals surface area contributed by atoms with Crippen molar-refractivity contribution >= 4 is 16.8 Å². The number of carbonyl (C=O) groups is 1. The lowest BCUT2D eigenvalue weighted by molar-refractivity contribution is 0.0874. The number of nitrogens with zero attached hydrogens (tertiary/aromatic N) is 5. The summed E-state index contributed by atoms with van der Waals surface area (Å²) >= 11 is 0. The molecule has 4 heterocycles. The molecule has 2 atom stereocenters. The molecule has 0 spiro atoms. The Balaban J connectivity index is 1.47. The van der Waals surface area contributed by atoms with Gasteiger partial charge in [0.1, 0.15) is 0 Å². The second-order valence-corrected chi connectivity index (χ2v) is 8.41. The highest BCUT2D eigenvalue weighted by atomic mass is 16.3. The summed E-state index contributed by atoms with van der Waals surface area (Å²) in [6.07, 6.45) is 10.2. The highest BCUT2D eigenvalue weighted by molar-refractivity contribution is 6.05. The molecule has 4 aromatic heterocycles. The SMILES string of the molecule is Cn1cc(-c2ccc(Cn3cc(C(=O)N[C@H]4CCC[C@@H]4O)c4ncccc4c3=O)cn2)cn1. The minimum Gasteiger partial charge on any atom is -0.391 e. The fourth-order valence-electron chi connectivity index (χ4n) is 4.30. The Bertz CT molecular complexity index is 1380. The number of aromatic nitrogens is 5. The Morgan fingerprint density at radius 1 is 1.18 bits per heavy atom. The van der Waals surface area contributed by atoms with Gasteiger partial charge in [-0.15, -0.1) is 0 Å². The van der Waals surface area contributed by atoms with Gasteiger partial charge in [-0.1, -0.05) is 6.07 Å². The zero-order valence-electron chi connectivity index (χ0n) is 18.2. The van der Waals surface area contributed by atoms with Gasteiger partial charge in [0.05, 0.1) is 47.0 Å². The van der Waals surface area contributed by atoms with E-state index in [4.69, 9.17) is 0 Å². The highest BCUT2D eigenvalue weighted by Gasteiger charge is 2.28. The molecule has 0 unspecified atom stereocenters. The molecule has 2 N–H and O–H groups in total. The summed E-state index contributed by atoms with van der Waals surface area (Å²) in [6, 6.07) is 6.85. The first-order valence-corrected chi connectivity index (χ1v) is 10.9. The van der Waals surface area contributed by atoms with Gasteiger partial charge in [-0.05, 0) is 43.0 Å². The van der Waals surface area contributed by atoms with Crippen LogP contribution in [0.25, 0.3) is 22.2 Å². The number of nitrogens with one attached hydrogen (secondary N) is 1. The number of fused-ring (bicyclic) bond motifs is 1. The number of rotatable bonds is 5. The Labute approximate surface area is 189 Å². The molecule has 0 aliphatic heterocycles. The van der Waals surface area contributed by atoms with Crippen molar-refractivity contribution in [2.75, 3.05) is 0 Å². The molecular formula is C24H24N6O3. The molecule has 0 saturated heterocycles. The van der Waals surface area contributed by atoms with Crippen molar-refractivity contribution in [1.29, 1.82) is 0 Å². The van der Waals surface area contributed by atoms with Crippen LogP contribution < -0.4 is 10.9 Å². The van der Waals surface area contributed by atoms with Crippen LogP contribution in [0.5, 0.6) is 0 Å². The van der Waals surface area contributed by atoms with Crippen LogP contribution in [-0.2, 0) is 13.6 Å². The maximum Gasteiger partial charge on any atom is 0.260 e. The molecule has 1 amide bonds. The molecule has 0 bridgehead atoms. The van der Waals surface area contributed by atoms with E-state index in [0.29, 0.717) is 22.9 Å². The lowest BCUT2D eigenvalue weighted by Gasteiger charge is -2.18. The number of carbonyl (C=O) groups excluding carboxylic acids is 1. The number of amides is 1. The number of aliphatic hydroxyl groups excluding tert-OH is 1. The number of hydrogen-bond acceptors (Lipinski definition) is 6. The van der Waals surface area contributed by atoms with E-state index < -0.39 is 6.10 Å². The molecule has 168 valence electrons. The van der Waals surface area contributed by atoms with Crippen LogP contribution in [-0.4, -0.2) is 47.5 Å². The van der Waals surface area contributed by atoms with E-state index in [0.717, 1.165) is 29.7 Å². The molecule has 4 aromatic rings. The van der Waals surface area contributed by atoms with Crippen LogP contribution in [0.1, 0.15) is 35.2 Å². The summed E-state index contributed by atoms with van der Waals surface area (Å²) in [7, 11) is 1.85. The molecular weight excluding hydrogens is 420 g/mol. The molecule has 9 heteroatoms. The Hall–Kier alpha value is -3.85. The zero-order valence-corrected chi connectivity index (χ0v) is 18.2. The second kappa shape index (κ2) is 8.59. The van der Waals surface area contributed by atoms with Crippen molar-refractivity contribution in [3.8, 4) is 11.3 Å². The molecule has 1 aliphatic rings. The second-order valence-electron chi connectivity index (χ2n) is 8.41. The van der Waals surface area contributed by atoms with E-state index in [1.165, 1.54) is 4.57 Å². The summed E-state index contributed by atoms with van der Waals surface area (Å²) in [5.74, 6) is -0.344. The summed E-state index contributed by atoms with van der Waals surface area (Å²) in [5, 5.41) is 17.5. The van der Waals surface area contributed by atoms with Crippen LogP contribution in [0.4, 0.5) is 0 Å². The molecule has 1 fully saturated rings. The normalized spacial score (nSPS) is 18.0. The maximum atomic E-state index is 13.1. The van der Waals surface area contributed by atoms with Gasteiger partial charge in [0.2, 0.25) is 0 Å². The van der Waals surface area contributed by atoms with E-state index in [1.807, 2.05) is 25.4 Å². The molecule has 1 aliphatic carbocycles. The van der Waals surface area contributed by atoms with Crippen LogP contribution in [0, 0.1) is 0 Å². The minimum absolute atomic E-state index is 0.230. The van der Waals surface area contributed by atoms with Crippen LogP contribution in [0.3, 0.4) is 0 Å². The topological polar surface area (TPSA) is 115 Å². The molecule has 9 nitrogen and oxygen atoms in total. The first-order chi connectivity index (χ1) is 16.0. The van der Waals surface area contributed by atoms with E-state index in [-0.39, 0.29) is 24.1 Å². The lowest BCUT2D eigenvalue weighted by atomic mass is 10.1. The quantitative estimate of drug-likeness (QED) is 0.486. The first-order valence-electron chi connectivity index (χ1n) is 10.9. The predicted octanol–water partition coefficient (Wildman–Crippen LogP) is 1.88. The largest absolute Gasteiger partial charge is 0.391 e. The summed E-state index contributed by atoms with van der Waals surface area (Å²) in [6.45, 7) is 0.260. The monoisotopic (exact) mass is 444 g/mol. The van der Waals surface area contributed by atoms with Gasteiger partial charge >= 0.3 is 0 Å². The molecule has 33 heavy (non-hydrogen) atoms. The summed E-state index contributed by atoms with van der Waals surface area (Å²) in [5.41, 5.74) is 2.96. The van der Waals surface area contributed by atoms with Crippen LogP contribution >= 0.6 is 0 Å². The van der Waals surface area contributed by atoms with Crippen LogP contribution in [0.2, 0.25) is 0 Å². The third kappa shape index (κ3) is 4.14. The number of hydrogen-bond donors (Lipinski definition) is 2. The van der Waals surface area contributed by atoms with Crippen molar-refractivity contribution in [1.82, 2.24) is 29.6 Å². The number of pyridine rings is 3. The van der Waals surface area contributed by atoms with E-state index >= 15 is 0 Å². The average Bonchev–Trinajstić information content (AvgIpc) is 3.44. The van der Waals surface area contributed by atoms with Gasteiger partial charge in [0, 0.05) is 37.4 Å². The average molecular weight is 444 g/mol. The molecule has 5 rings (SSSR count). The summed E-state index contributed by atoms with van der Waals surface area (Å²) in [4.78, 5) is 35.0. The van der Waals surface area contributed by atoms with Crippen molar-refractivity contribution in [3.63, 3.8) is 0 Å². The maximum absolute atomic E-state index is 13.1. The van der Waals surface area contributed by atoms with Gasteiger partial charge in [-0.3, -0.25) is 24.2 Å². The Morgan fingerprint density at radius 3 is 2.76 bits per heavy atom. The zero-order chi connectivity index (χ0) is 22.9. The van der Waals surface area contributed by atoms with Crippen molar-refractivity contribution in [2.45, 2.75) is 38.0 Å². The van der Waals surface area contributed by atoms with Gasteiger partial charge < -0.3 is 15.0 Å². The molecule has 0 aromatic carbocycles. The Kier molecular flexibility index (Phi) is 5.47. The van der Waals surface area contributed by atoms with Gasteiger partial charge in [0.25, 0.3) is 11.5 Å². The predicted molar refractivity (Wildman–Crippen MR) is 123 cm³/mol. The third-order valence-electron chi connectivity index (χ3n) is 6.06. The first kappa shape index (κ1) is 21.0. The third-order valence-corrected chi connectivity index (χ3v) is 6.06. The highest BCUT2D eigenvalue weighted by Crippen LogP contribution is 2.21. The van der Waals surface area contributed by atoms with E-state index in [2.05, 4.69) is 20.4 Å². The number of aryl methyl sites for hydroxylation is 1. The van der Waals surface area contributed by atoms with Gasteiger partial charge in [-0.2, -0.15) is 5.10 Å². The standard InChI is InChI=1S/C24H24N6O3/c1-29-13-16(11-27-29)19-8-7-15(10-26-19)12-30-14-18(22-17(24(30)33)4-3-9-25-22)23(32)28-20-5-2-6-21(20)31/h3-4,7-11,13-14,20-21,31H,2,5-6,12H2,1H3,(H,28,32)/t20-,21-/m0/s1. The van der Waals surface area contributed by atoms with Crippen LogP contribution in [0.15, 0.2) is 60.0 Å². The fourth-order valence-corrected chi connectivity index (χ4v) is 4.30. The number of aliphatic hydroxyl groups is 1. The molecule has 0 radical (unpaired) electrons. The van der Waals surface area contributed by atoms with Crippen molar-refractivity contribution in [2.24, 2.45) is 7.05 Å². The summed E-state index contributed by atoms with van der Waals surface area (Å²) < 4.78 is 3.22. The lowest BCUT2D eigenvalue weighted by Crippen LogP contribution is -2.40. The minimum atomic E-state index is -0.552. The van der Waals surface area contributed by atoms with Gasteiger partial charge in [-0.25, -0.2) is 0 Å². The van der Waals surface area contributed by atoms with Crippen molar-refractivity contribution in [3.05, 3.63) is 76.7 Å². The van der Waals surface area contributed by atoms with E-state index in [9.17, 15) is 14.7 Å². The van der Waals surface area contributed by atoms with Crippen molar-refractivity contribution < 1.29 is 9.90 Å². The fraction of sp³-hybridized carbons (Fsp3) is 0.292. The Morgan fingerprint density at radius 2 is 2.06 bits per heavy atom. The molecule has 1 saturated carbocycles.